The Kier molecular flexibility index (Phi) is 5.31. The Balaban J connectivity index is 1.87. The minimum absolute atomic E-state index is 0.214. The zero-order chi connectivity index (χ0) is 19.6. The highest BCUT2D eigenvalue weighted by molar-refractivity contribution is 5.97. The minimum atomic E-state index is -0.617. The third-order valence-corrected chi connectivity index (χ3v) is 4.83. The van der Waals surface area contributed by atoms with E-state index in [1.54, 1.807) is 0 Å². The number of benzene rings is 2. The Bertz CT molecular complexity index is 854. The van der Waals surface area contributed by atoms with Crippen LogP contribution in [0.1, 0.15) is 42.5 Å². The van der Waals surface area contributed by atoms with Crippen LogP contribution in [0.2, 0.25) is 0 Å². The van der Waals surface area contributed by atoms with Gasteiger partial charge in [0, 0.05) is 11.4 Å². The molecule has 1 heterocycles. The highest BCUT2D eigenvalue weighted by Crippen LogP contribution is 2.31. The Morgan fingerprint density at radius 3 is 2.30 bits per heavy atom. The maximum Gasteiger partial charge on any atom is 0.319 e. The Hall–Kier alpha value is -3.08. The molecule has 2 atom stereocenters. The van der Waals surface area contributed by atoms with E-state index in [4.69, 9.17) is 0 Å². The molecule has 0 saturated carbocycles. The van der Waals surface area contributed by atoms with Crippen molar-refractivity contribution >= 4 is 17.6 Å². The van der Waals surface area contributed by atoms with E-state index in [-0.39, 0.29) is 11.9 Å². The van der Waals surface area contributed by atoms with Crippen LogP contribution in [0.3, 0.4) is 0 Å². The number of hydrogen-bond acceptors (Lipinski definition) is 2. The number of carbonyl (C=O) groups excluding carboxylic acids is 2. The second-order valence-electron chi connectivity index (χ2n) is 7.26. The van der Waals surface area contributed by atoms with Crippen molar-refractivity contribution in [3.05, 3.63) is 77.5 Å². The second-order valence-corrected chi connectivity index (χ2v) is 7.26. The number of nitrogens with one attached hydrogen (secondary N) is 3. The van der Waals surface area contributed by atoms with Gasteiger partial charge in [-0.25, -0.2) is 4.79 Å². The molecule has 27 heavy (non-hydrogen) atoms. The number of anilines is 1. The summed E-state index contributed by atoms with van der Waals surface area (Å²) in [6, 6.07) is 14.8. The average Bonchev–Trinajstić information content (AvgIpc) is 2.63. The molecule has 2 aromatic carbocycles. The van der Waals surface area contributed by atoms with Crippen molar-refractivity contribution in [1.29, 1.82) is 0 Å². The molecule has 1 saturated heterocycles. The first-order chi connectivity index (χ1) is 12.8. The van der Waals surface area contributed by atoms with Crippen molar-refractivity contribution in [3.8, 4) is 0 Å². The summed E-state index contributed by atoms with van der Waals surface area (Å²) < 4.78 is 0. The summed E-state index contributed by atoms with van der Waals surface area (Å²) in [7, 11) is 0. The van der Waals surface area contributed by atoms with Crippen LogP contribution in [0.4, 0.5) is 10.5 Å². The highest BCUT2D eigenvalue weighted by Gasteiger charge is 2.37. The fourth-order valence-corrected chi connectivity index (χ4v) is 3.22. The topological polar surface area (TPSA) is 70.2 Å². The molecule has 1 fully saturated rings. The third kappa shape index (κ3) is 4.19. The van der Waals surface area contributed by atoms with Gasteiger partial charge >= 0.3 is 6.03 Å². The lowest BCUT2D eigenvalue weighted by Gasteiger charge is -2.34. The van der Waals surface area contributed by atoms with Crippen molar-refractivity contribution in [2.75, 3.05) is 5.32 Å². The lowest BCUT2D eigenvalue weighted by Crippen LogP contribution is -2.51. The molecule has 140 valence electrons. The molecule has 0 aliphatic carbocycles. The van der Waals surface area contributed by atoms with Crippen molar-refractivity contribution in [2.45, 2.75) is 32.7 Å². The van der Waals surface area contributed by atoms with Gasteiger partial charge in [0.05, 0.1) is 6.04 Å². The largest absolute Gasteiger partial charge is 0.330 e. The first-order valence-corrected chi connectivity index (χ1v) is 9.09. The van der Waals surface area contributed by atoms with Crippen LogP contribution in [0.25, 0.3) is 0 Å². The summed E-state index contributed by atoms with van der Waals surface area (Å²) in [5.41, 5.74) is 4.30. The van der Waals surface area contributed by atoms with Gasteiger partial charge in [0.1, 0.15) is 5.92 Å². The van der Waals surface area contributed by atoms with Gasteiger partial charge in [0.2, 0.25) is 5.91 Å². The summed E-state index contributed by atoms with van der Waals surface area (Å²) in [4.78, 5) is 24.9. The molecule has 0 aromatic heterocycles. The van der Waals surface area contributed by atoms with Crippen LogP contribution in [-0.2, 0) is 4.79 Å². The normalized spacial score (nSPS) is 19.4. The van der Waals surface area contributed by atoms with Crippen LogP contribution in [-0.4, -0.2) is 11.9 Å². The molecule has 0 spiro atoms. The summed E-state index contributed by atoms with van der Waals surface area (Å²) >= 11 is 0. The fraction of sp³-hybridized carbons (Fsp3) is 0.273. The van der Waals surface area contributed by atoms with Crippen molar-refractivity contribution < 1.29 is 9.59 Å². The zero-order valence-electron chi connectivity index (χ0n) is 15.9. The van der Waals surface area contributed by atoms with Gasteiger partial charge in [-0.2, -0.15) is 0 Å². The van der Waals surface area contributed by atoms with Gasteiger partial charge in [-0.1, -0.05) is 62.4 Å². The molecular formula is C22H25N3O2. The van der Waals surface area contributed by atoms with Gasteiger partial charge in [-0.15, -0.1) is 0 Å². The molecule has 5 heteroatoms. The maximum atomic E-state index is 13.0. The second kappa shape index (κ2) is 7.66. The van der Waals surface area contributed by atoms with Crippen LogP contribution in [0, 0.1) is 12.8 Å². The molecule has 0 bridgehead atoms. The van der Waals surface area contributed by atoms with Gasteiger partial charge in [-0.05, 0) is 36.1 Å². The predicted molar refractivity (Wildman–Crippen MR) is 107 cm³/mol. The highest BCUT2D eigenvalue weighted by atomic mass is 16.2. The van der Waals surface area contributed by atoms with Gasteiger partial charge < -0.3 is 16.0 Å². The summed E-state index contributed by atoms with van der Waals surface area (Å²) in [5.74, 6) is -0.416. The minimum Gasteiger partial charge on any atom is -0.330 e. The van der Waals surface area contributed by atoms with Crippen molar-refractivity contribution in [2.24, 2.45) is 5.92 Å². The van der Waals surface area contributed by atoms with Crippen LogP contribution in [0.15, 0.2) is 60.8 Å². The number of carbonyl (C=O) groups is 2. The lowest BCUT2D eigenvalue weighted by atomic mass is 9.87. The molecule has 1 aliphatic rings. The molecule has 2 aromatic rings. The molecule has 1 aliphatic heterocycles. The molecular weight excluding hydrogens is 338 g/mol. The van der Waals surface area contributed by atoms with E-state index >= 15 is 0 Å². The van der Waals surface area contributed by atoms with Gasteiger partial charge in [0.25, 0.3) is 0 Å². The number of hydrogen-bond donors (Lipinski definition) is 3. The Labute approximate surface area is 159 Å². The fourth-order valence-electron chi connectivity index (χ4n) is 3.22. The predicted octanol–water partition coefficient (Wildman–Crippen LogP) is 4.24. The van der Waals surface area contributed by atoms with Crippen LogP contribution < -0.4 is 16.0 Å². The van der Waals surface area contributed by atoms with E-state index in [1.807, 2.05) is 55.5 Å². The third-order valence-electron chi connectivity index (χ3n) is 4.83. The molecule has 5 nitrogen and oxygen atoms in total. The first-order valence-electron chi connectivity index (χ1n) is 9.09. The van der Waals surface area contributed by atoms with Crippen LogP contribution in [0.5, 0.6) is 0 Å². The van der Waals surface area contributed by atoms with E-state index in [9.17, 15) is 9.59 Å². The number of rotatable bonds is 4. The maximum absolute atomic E-state index is 13.0. The molecule has 0 unspecified atom stereocenters. The van der Waals surface area contributed by atoms with Gasteiger partial charge in [0.15, 0.2) is 0 Å². The van der Waals surface area contributed by atoms with E-state index in [0.717, 1.165) is 11.1 Å². The van der Waals surface area contributed by atoms with Crippen molar-refractivity contribution in [1.82, 2.24) is 10.6 Å². The summed E-state index contributed by atoms with van der Waals surface area (Å²) in [5, 5.41) is 8.42. The van der Waals surface area contributed by atoms with E-state index in [0.29, 0.717) is 17.3 Å². The van der Waals surface area contributed by atoms with Crippen LogP contribution >= 0.6 is 0 Å². The molecule has 0 radical (unpaired) electrons. The molecule has 3 N–H and O–H groups in total. The smallest absolute Gasteiger partial charge is 0.319 e. The van der Waals surface area contributed by atoms with Crippen molar-refractivity contribution in [3.63, 3.8) is 0 Å². The monoisotopic (exact) mass is 363 g/mol. The van der Waals surface area contributed by atoms with E-state index in [1.165, 1.54) is 5.56 Å². The average molecular weight is 363 g/mol. The quantitative estimate of drug-likeness (QED) is 0.760. The summed E-state index contributed by atoms with van der Waals surface area (Å²) in [6.45, 7) is 10.2. The number of aryl methyl sites for hydroxylation is 1. The molecule has 3 amide bonds. The standard InChI is InChI=1S/C22H25N3O2/c1-13(2)16-7-9-17(10-8-16)20-19(15(4)23-22(27)25-20)21(26)24-18-11-5-14(3)6-12-18/h5-13,19-20H,4H2,1-3H3,(H,24,26)(H2,23,25,27)/t19-,20+/m0/s1. The lowest BCUT2D eigenvalue weighted by molar-refractivity contribution is -0.119. The number of amides is 3. The zero-order valence-corrected chi connectivity index (χ0v) is 15.9. The summed E-state index contributed by atoms with van der Waals surface area (Å²) in [6.07, 6.45) is 0. The Morgan fingerprint density at radius 1 is 1.07 bits per heavy atom. The van der Waals surface area contributed by atoms with Gasteiger partial charge in [-0.3, -0.25) is 4.79 Å². The SMILES string of the molecule is C=C1NC(=O)N[C@H](c2ccc(C(C)C)cc2)[C@H]1C(=O)Nc1ccc(C)cc1. The van der Waals surface area contributed by atoms with E-state index in [2.05, 4.69) is 36.4 Å². The first kappa shape index (κ1) is 18.7. The molecule has 3 rings (SSSR count). The Morgan fingerprint density at radius 2 is 1.70 bits per heavy atom. The van der Waals surface area contributed by atoms with E-state index < -0.39 is 12.0 Å². The number of urea groups is 1.